The number of halogens is 5. The van der Waals surface area contributed by atoms with Crippen LogP contribution in [0.2, 0.25) is 0 Å². The van der Waals surface area contributed by atoms with E-state index in [0.29, 0.717) is 30.1 Å². The molecule has 2 nitrogen and oxygen atoms in total. The van der Waals surface area contributed by atoms with Crippen LogP contribution in [-0.4, -0.2) is 19.1 Å². The summed E-state index contributed by atoms with van der Waals surface area (Å²) >= 11 is 0. The Bertz CT molecular complexity index is 608. The molecule has 7 heteroatoms. The summed E-state index contributed by atoms with van der Waals surface area (Å²) in [4.78, 5) is 0. The van der Waals surface area contributed by atoms with E-state index in [0.717, 1.165) is 50.7 Å². The molecule has 0 aliphatic heterocycles. The van der Waals surface area contributed by atoms with Crippen LogP contribution in [0.15, 0.2) is 12.1 Å². The van der Waals surface area contributed by atoms with E-state index in [1.165, 1.54) is 0 Å². The predicted molar refractivity (Wildman–Crippen MR) is 85.9 cm³/mol. The molecule has 0 saturated heterocycles. The zero-order valence-corrected chi connectivity index (χ0v) is 14.6. The molecule has 2 aliphatic carbocycles. The van der Waals surface area contributed by atoms with Crippen LogP contribution < -0.4 is 4.74 Å². The SMILES string of the molecule is CCOC1CCC2CC(c3cc(F)c(OC(F)(F)F)c(F)c3)CCC2C1. The third-order valence-corrected chi connectivity index (χ3v) is 5.68. The van der Waals surface area contributed by atoms with Crippen molar-refractivity contribution in [2.45, 2.75) is 63.8 Å². The van der Waals surface area contributed by atoms with Crippen molar-refractivity contribution in [3.63, 3.8) is 0 Å². The average molecular weight is 378 g/mol. The molecule has 2 fully saturated rings. The average Bonchev–Trinajstić information content (AvgIpc) is 2.57. The third kappa shape index (κ3) is 4.48. The molecular formula is C19H23F5O2. The van der Waals surface area contributed by atoms with E-state index in [2.05, 4.69) is 4.74 Å². The summed E-state index contributed by atoms with van der Waals surface area (Å²) in [6.07, 6.45) is 0.733. The van der Waals surface area contributed by atoms with Gasteiger partial charge >= 0.3 is 6.36 Å². The molecule has 4 unspecified atom stereocenters. The lowest BCUT2D eigenvalue weighted by Gasteiger charge is -2.42. The number of benzene rings is 1. The summed E-state index contributed by atoms with van der Waals surface area (Å²) in [5.74, 6) is -3.00. The van der Waals surface area contributed by atoms with Crippen molar-refractivity contribution in [1.29, 1.82) is 0 Å². The maximum absolute atomic E-state index is 14.0. The van der Waals surface area contributed by atoms with Gasteiger partial charge in [0.2, 0.25) is 5.75 Å². The lowest BCUT2D eigenvalue weighted by atomic mass is 9.65. The Morgan fingerprint density at radius 3 is 2.19 bits per heavy atom. The van der Waals surface area contributed by atoms with Gasteiger partial charge in [0.1, 0.15) is 0 Å². The largest absolute Gasteiger partial charge is 0.573 e. The standard InChI is InChI=1S/C19H23F5O2/c1-2-25-15-6-5-11-7-12(3-4-13(11)8-15)14-9-16(20)18(17(21)10-14)26-19(22,23)24/h9-13,15H,2-8H2,1H3. The summed E-state index contributed by atoms with van der Waals surface area (Å²) in [7, 11) is 0. The van der Waals surface area contributed by atoms with Gasteiger partial charge < -0.3 is 9.47 Å². The van der Waals surface area contributed by atoms with Crippen LogP contribution in [-0.2, 0) is 4.74 Å². The van der Waals surface area contributed by atoms with E-state index in [1.54, 1.807) is 0 Å². The fourth-order valence-corrected chi connectivity index (χ4v) is 4.56. The molecule has 0 radical (unpaired) electrons. The Morgan fingerprint density at radius 1 is 0.962 bits per heavy atom. The van der Waals surface area contributed by atoms with E-state index in [-0.39, 0.29) is 5.92 Å². The van der Waals surface area contributed by atoms with E-state index in [4.69, 9.17) is 4.74 Å². The van der Waals surface area contributed by atoms with Gasteiger partial charge in [-0.15, -0.1) is 13.2 Å². The van der Waals surface area contributed by atoms with Gasteiger partial charge in [-0.25, -0.2) is 8.78 Å². The minimum atomic E-state index is -5.12. The first-order chi connectivity index (χ1) is 12.3. The number of rotatable bonds is 4. The topological polar surface area (TPSA) is 18.5 Å². The molecule has 1 aromatic rings. The van der Waals surface area contributed by atoms with Gasteiger partial charge in [0, 0.05) is 6.61 Å². The molecule has 2 aliphatic rings. The summed E-state index contributed by atoms with van der Waals surface area (Å²) in [5, 5.41) is 0. The van der Waals surface area contributed by atoms with E-state index < -0.39 is 23.7 Å². The lowest BCUT2D eigenvalue weighted by molar-refractivity contribution is -0.276. The number of hydrogen-bond donors (Lipinski definition) is 0. The Morgan fingerprint density at radius 2 is 1.58 bits per heavy atom. The van der Waals surface area contributed by atoms with Gasteiger partial charge in [-0.1, -0.05) is 0 Å². The quantitative estimate of drug-likeness (QED) is 0.603. The second-order valence-corrected chi connectivity index (χ2v) is 7.28. The second kappa shape index (κ2) is 7.71. The highest BCUT2D eigenvalue weighted by atomic mass is 19.4. The molecule has 26 heavy (non-hydrogen) atoms. The Hall–Kier alpha value is -1.37. The minimum Gasteiger partial charge on any atom is -0.399 e. The van der Waals surface area contributed by atoms with Gasteiger partial charge in [-0.05, 0) is 80.9 Å². The van der Waals surface area contributed by atoms with Crippen molar-refractivity contribution in [2.24, 2.45) is 11.8 Å². The van der Waals surface area contributed by atoms with Gasteiger partial charge in [-0.3, -0.25) is 0 Å². The highest BCUT2D eigenvalue weighted by molar-refractivity contribution is 5.33. The van der Waals surface area contributed by atoms with Crippen LogP contribution in [0.5, 0.6) is 5.75 Å². The minimum absolute atomic E-state index is 0.0381. The number of ether oxygens (including phenoxy) is 2. The smallest absolute Gasteiger partial charge is 0.399 e. The van der Waals surface area contributed by atoms with E-state index in [1.807, 2.05) is 6.92 Å². The van der Waals surface area contributed by atoms with Gasteiger partial charge in [-0.2, -0.15) is 0 Å². The van der Waals surface area contributed by atoms with Gasteiger partial charge in [0.05, 0.1) is 6.10 Å². The van der Waals surface area contributed by atoms with Crippen molar-refractivity contribution in [2.75, 3.05) is 6.61 Å². The monoisotopic (exact) mass is 378 g/mol. The van der Waals surface area contributed by atoms with Crippen molar-refractivity contribution in [3.05, 3.63) is 29.3 Å². The highest BCUT2D eigenvalue weighted by Gasteiger charge is 2.38. The molecule has 0 spiro atoms. The Kier molecular flexibility index (Phi) is 5.75. The van der Waals surface area contributed by atoms with Crippen molar-refractivity contribution in [3.8, 4) is 5.75 Å². The van der Waals surface area contributed by atoms with Crippen LogP contribution in [0.1, 0.15) is 56.9 Å². The Labute approximate surface area is 149 Å². The molecule has 1 aromatic carbocycles. The van der Waals surface area contributed by atoms with E-state index in [9.17, 15) is 22.0 Å². The maximum atomic E-state index is 14.0. The molecule has 2 saturated carbocycles. The molecule has 0 amide bonds. The first kappa shape index (κ1) is 19.4. The normalized spacial score (nSPS) is 29.3. The van der Waals surface area contributed by atoms with Gasteiger partial charge in [0.25, 0.3) is 0 Å². The van der Waals surface area contributed by atoms with Gasteiger partial charge in [0.15, 0.2) is 11.6 Å². The predicted octanol–water partition coefficient (Wildman–Crippen LogP) is 5.95. The summed E-state index contributed by atoms with van der Waals surface area (Å²) in [6.45, 7) is 2.69. The molecule has 0 aromatic heterocycles. The Balaban J connectivity index is 1.69. The molecular weight excluding hydrogens is 355 g/mol. The van der Waals surface area contributed by atoms with Crippen molar-refractivity contribution < 1.29 is 31.4 Å². The zero-order valence-electron chi connectivity index (χ0n) is 14.6. The maximum Gasteiger partial charge on any atom is 0.573 e. The first-order valence-electron chi connectivity index (χ1n) is 9.13. The number of alkyl halides is 3. The summed E-state index contributed by atoms with van der Waals surface area (Å²) in [6, 6.07) is 1.97. The fraction of sp³-hybridized carbons (Fsp3) is 0.684. The molecule has 4 atom stereocenters. The number of fused-ring (bicyclic) bond motifs is 1. The molecule has 146 valence electrons. The zero-order chi connectivity index (χ0) is 18.9. The van der Waals surface area contributed by atoms with Crippen LogP contribution >= 0.6 is 0 Å². The molecule has 0 N–H and O–H groups in total. The van der Waals surface area contributed by atoms with Crippen molar-refractivity contribution in [1.82, 2.24) is 0 Å². The fourth-order valence-electron chi connectivity index (χ4n) is 4.56. The van der Waals surface area contributed by atoms with Crippen LogP contribution in [0.25, 0.3) is 0 Å². The summed E-state index contributed by atoms with van der Waals surface area (Å²) in [5.41, 5.74) is 0.417. The van der Waals surface area contributed by atoms with Crippen LogP contribution in [0.3, 0.4) is 0 Å². The number of hydrogen-bond acceptors (Lipinski definition) is 2. The molecule has 3 rings (SSSR count). The van der Waals surface area contributed by atoms with Crippen molar-refractivity contribution >= 4 is 0 Å². The first-order valence-corrected chi connectivity index (χ1v) is 9.13. The highest BCUT2D eigenvalue weighted by Crippen LogP contribution is 2.47. The second-order valence-electron chi connectivity index (χ2n) is 7.28. The van der Waals surface area contributed by atoms with Crippen LogP contribution in [0, 0.1) is 23.5 Å². The lowest BCUT2D eigenvalue weighted by Crippen LogP contribution is -2.33. The molecule has 0 heterocycles. The third-order valence-electron chi connectivity index (χ3n) is 5.68. The van der Waals surface area contributed by atoms with E-state index >= 15 is 0 Å². The molecule has 0 bridgehead atoms. The summed E-state index contributed by atoms with van der Waals surface area (Å²) < 4.78 is 73.9. The van der Waals surface area contributed by atoms with Crippen LogP contribution in [0.4, 0.5) is 22.0 Å².